The molecule has 1 aromatic carbocycles. The lowest BCUT2D eigenvalue weighted by atomic mass is 9.87. The van der Waals surface area contributed by atoms with E-state index >= 15 is 0 Å². The van der Waals surface area contributed by atoms with E-state index in [9.17, 15) is 18.0 Å². The molecule has 0 aliphatic heterocycles. The van der Waals surface area contributed by atoms with Gasteiger partial charge in [-0.05, 0) is 25.0 Å². The Kier molecular flexibility index (Phi) is 4.48. The lowest BCUT2D eigenvalue weighted by Crippen LogP contribution is -2.34. The lowest BCUT2D eigenvalue weighted by molar-refractivity contribution is -0.137. The van der Waals surface area contributed by atoms with Gasteiger partial charge in [-0.25, -0.2) is 0 Å². The molecule has 0 aromatic heterocycles. The molecule has 2 nitrogen and oxygen atoms in total. The van der Waals surface area contributed by atoms with Gasteiger partial charge in [0.05, 0.1) is 5.56 Å². The number of benzene rings is 1. The zero-order valence-corrected chi connectivity index (χ0v) is 11.1. The van der Waals surface area contributed by atoms with E-state index in [1.54, 1.807) is 0 Å². The van der Waals surface area contributed by atoms with E-state index < -0.39 is 11.7 Å². The summed E-state index contributed by atoms with van der Waals surface area (Å²) in [5, 5.41) is 0. The number of ketones is 1. The minimum absolute atomic E-state index is 0.113. The molecule has 0 heterocycles. The van der Waals surface area contributed by atoms with E-state index in [2.05, 4.69) is 0 Å². The fourth-order valence-corrected chi connectivity index (χ4v) is 2.72. The smallest absolute Gasteiger partial charge is 0.327 e. The number of Topliss-reactive ketones (excluding diaryl/α,β-unsaturated/α-hetero) is 1. The van der Waals surface area contributed by atoms with Crippen LogP contribution >= 0.6 is 0 Å². The Hall–Kier alpha value is -1.36. The van der Waals surface area contributed by atoms with Crippen LogP contribution in [0.3, 0.4) is 0 Å². The molecule has 2 N–H and O–H groups in total. The van der Waals surface area contributed by atoms with Gasteiger partial charge in [-0.3, -0.25) is 4.79 Å². The molecule has 0 saturated heterocycles. The van der Waals surface area contributed by atoms with Gasteiger partial charge in [0.25, 0.3) is 0 Å². The summed E-state index contributed by atoms with van der Waals surface area (Å²) >= 11 is 0. The number of halogens is 3. The Morgan fingerprint density at radius 1 is 1.15 bits per heavy atom. The number of hydrogen-bond donors (Lipinski definition) is 1. The summed E-state index contributed by atoms with van der Waals surface area (Å²) in [6.07, 6.45) is -0.0931. The second-order valence-corrected chi connectivity index (χ2v) is 5.35. The summed E-state index contributed by atoms with van der Waals surface area (Å²) in [5.74, 6) is -0.619. The maximum absolute atomic E-state index is 12.7. The highest BCUT2D eigenvalue weighted by Crippen LogP contribution is 2.31. The Morgan fingerprint density at radius 3 is 2.55 bits per heavy atom. The monoisotopic (exact) mass is 285 g/mol. The molecule has 0 radical (unpaired) electrons. The average molecular weight is 285 g/mol. The molecule has 0 amide bonds. The molecule has 0 bridgehead atoms. The van der Waals surface area contributed by atoms with Crippen molar-refractivity contribution < 1.29 is 18.0 Å². The van der Waals surface area contributed by atoms with Gasteiger partial charge in [0, 0.05) is 17.5 Å². The minimum atomic E-state index is -4.43. The van der Waals surface area contributed by atoms with Crippen LogP contribution in [0.2, 0.25) is 0 Å². The van der Waals surface area contributed by atoms with E-state index in [-0.39, 0.29) is 23.3 Å². The van der Waals surface area contributed by atoms with Gasteiger partial charge in [-0.1, -0.05) is 31.4 Å². The zero-order chi connectivity index (χ0) is 14.8. The summed E-state index contributed by atoms with van der Waals surface area (Å²) in [5.41, 5.74) is 5.32. The number of alkyl halides is 3. The first-order chi connectivity index (χ1) is 9.39. The van der Waals surface area contributed by atoms with Crippen molar-refractivity contribution in [3.8, 4) is 0 Å². The number of carbonyl (C=O) groups excluding carboxylic acids is 1. The molecule has 2 rings (SSSR count). The third kappa shape index (κ3) is 3.39. The van der Waals surface area contributed by atoms with E-state index in [0.29, 0.717) is 6.42 Å². The van der Waals surface area contributed by atoms with Crippen LogP contribution in [0.15, 0.2) is 24.3 Å². The molecule has 2 unspecified atom stereocenters. The number of carbonyl (C=O) groups is 1. The topological polar surface area (TPSA) is 43.1 Å². The largest absolute Gasteiger partial charge is 0.416 e. The summed E-state index contributed by atoms with van der Waals surface area (Å²) in [6.45, 7) is 0. The van der Waals surface area contributed by atoms with Crippen LogP contribution in [0.1, 0.15) is 48.0 Å². The van der Waals surface area contributed by atoms with Gasteiger partial charge in [-0.15, -0.1) is 0 Å². The molecule has 1 fully saturated rings. The Morgan fingerprint density at radius 2 is 1.85 bits per heavy atom. The molecule has 5 heteroatoms. The molecule has 110 valence electrons. The first-order valence-corrected chi connectivity index (χ1v) is 6.86. The Balaban J connectivity index is 2.24. The molecule has 1 aliphatic rings. The lowest BCUT2D eigenvalue weighted by Gasteiger charge is -2.20. The SMILES string of the molecule is NC1CCCCCC1C(=O)c1cccc(C(F)(F)F)c1. The third-order valence-electron chi connectivity index (χ3n) is 3.88. The van der Waals surface area contributed by atoms with E-state index in [0.717, 1.165) is 37.8 Å². The predicted octanol–water partition coefficient (Wildman–Crippen LogP) is 3.80. The summed E-state index contributed by atoms with van der Waals surface area (Å²) in [6, 6.07) is 4.37. The van der Waals surface area contributed by atoms with Gasteiger partial charge in [0.2, 0.25) is 0 Å². The first-order valence-electron chi connectivity index (χ1n) is 6.86. The molecule has 1 aromatic rings. The fourth-order valence-electron chi connectivity index (χ4n) is 2.72. The van der Waals surface area contributed by atoms with Crippen molar-refractivity contribution in [3.05, 3.63) is 35.4 Å². The summed E-state index contributed by atoms with van der Waals surface area (Å²) in [7, 11) is 0. The van der Waals surface area contributed by atoms with Crippen molar-refractivity contribution in [2.75, 3.05) is 0 Å². The van der Waals surface area contributed by atoms with Crippen LogP contribution in [0.4, 0.5) is 13.2 Å². The molecular formula is C15H18F3NO. The standard InChI is InChI=1S/C15H18F3NO/c16-15(17,18)11-6-4-5-10(9-11)14(20)12-7-2-1-3-8-13(12)19/h4-6,9,12-13H,1-3,7-8,19H2. The van der Waals surface area contributed by atoms with Crippen LogP contribution in [-0.2, 0) is 6.18 Å². The van der Waals surface area contributed by atoms with E-state index in [1.165, 1.54) is 12.1 Å². The maximum atomic E-state index is 12.7. The van der Waals surface area contributed by atoms with Crippen molar-refractivity contribution in [2.24, 2.45) is 11.7 Å². The second kappa shape index (κ2) is 5.95. The van der Waals surface area contributed by atoms with Crippen LogP contribution in [-0.4, -0.2) is 11.8 Å². The number of hydrogen-bond acceptors (Lipinski definition) is 2. The molecule has 20 heavy (non-hydrogen) atoms. The molecular weight excluding hydrogens is 267 g/mol. The third-order valence-corrected chi connectivity index (χ3v) is 3.88. The molecule has 1 aliphatic carbocycles. The highest BCUT2D eigenvalue weighted by molar-refractivity contribution is 5.98. The van der Waals surface area contributed by atoms with Crippen LogP contribution in [0, 0.1) is 5.92 Å². The van der Waals surface area contributed by atoms with Gasteiger partial charge in [0.15, 0.2) is 5.78 Å². The van der Waals surface area contributed by atoms with Gasteiger partial charge >= 0.3 is 6.18 Å². The molecule has 2 atom stereocenters. The quantitative estimate of drug-likeness (QED) is 0.663. The first kappa shape index (κ1) is 15.0. The average Bonchev–Trinajstić information content (AvgIpc) is 2.62. The van der Waals surface area contributed by atoms with Crippen molar-refractivity contribution in [1.82, 2.24) is 0 Å². The van der Waals surface area contributed by atoms with Crippen molar-refractivity contribution in [1.29, 1.82) is 0 Å². The van der Waals surface area contributed by atoms with Gasteiger partial charge in [-0.2, -0.15) is 13.2 Å². The van der Waals surface area contributed by atoms with E-state index in [4.69, 9.17) is 5.73 Å². The Bertz CT molecular complexity index is 484. The van der Waals surface area contributed by atoms with Crippen LogP contribution in [0.25, 0.3) is 0 Å². The molecule has 0 spiro atoms. The summed E-state index contributed by atoms with van der Waals surface area (Å²) < 4.78 is 38.0. The Labute approximate surface area is 116 Å². The molecule has 1 saturated carbocycles. The van der Waals surface area contributed by atoms with Gasteiger partial charge in [0.1, 0.15) is 0 Å². The number of nitrogens with two attached hydrogens (primary N) is 1. The maximum Gasteiger partial charge on any atom is 0.416 e. The second-order valence-electron chi connectivity index (χ2n) is 5.35. The highest BCUT2D eigenvalue weighted by Gasteiger charge is 2.32. The van der Waals surface area contributed by atoms with Gasteiger partial charge < -0.3 is 5.73 Å². The van der Waals surface area contributed by atoms with Crippen molar-refractivity contribution in [2.45, 2.75) is 44.3 Å². The van der Waals surface area contributed by atoms with Crippen LogP contribution in [0.5, 0.6) is 0 Å². The van der Waals surface area contributed by atoms with Crippen molar-refractivity contribution in [3.63, 3.8) is 0 Å². The fraction of sp³-hybridized carbons (Fsp3) is 0.533. The predicted molar refractivity (Wildman–Crippen MR) is 70.3 cm³/mol. The highest BCUT2D eigenvalue weighted by atomic mass is 19.4. The van der Waals surface area contributed by atoms with E-state index in [1.807, 2.05) is 0 Å². The summed E-state index contributed by atoms with van der Waals surface area (Å²) in [4.78, 5) is 12.4. The number of rotatable bonds is 2. The normalized spacial score (nSPS) is 24.2. The van der Waals surface area contributed by atoms with Crippen LogP contribution < -0.4 is 5.73 Å². The van der Waals surface area contributed by atoms with Crippen molar-refractivity contribution >= 4 is 5.78 Å². The zero-order valence-electron chi connectivity index (χ0n) is 11.1. The minimum Gasteiger partial charge on any atom is -0.327 e.